The van der Waals surface area contributed by atoms with Crippen molar-refractivity contribution in [3.63, 3.8) is 0 Å². The highest BCUT2D eigenvalue weighted by atomic mass is 32.2. The van der Waals surface area contributed by atoms with Gasteiger partial charge in [0.15, 0.2) is 10.7 Å². The van der Waals surface area contributed by atoms with Crippen molar-refractivity contribution in [2.24, 2.45) is 5.73 Å². The molecule has 0 amide bonds. The van der Waals surface area contributed by atoms with E-state index in [2.05, 4.69) is 6.92 Å². The Morgan fingerprint density at radius 3 is 1.57 bits per heavy atom. The van der Waals surface area contributed by atoms with Crippen LogP contribution in [0.2, 0.25) is 0 Å². The van der Waals surface area contributed by atoms with Crippen LogP contribution in [-0.2, 0) is 15.5 Å². The average Bonchev–Trinajstić information content (AvgIpc) is 2.51. The predicted molar refractivity (Wildman–Crippen MR) is 98.2 cm³/mol. The first kappa shape index (κ1) is 22.6. The SMILES string of the molecule is CCCCCCCCCCCCCCCC(=O)CC(N)[SH](=O)=O. The second-order valence-corrected chi connectivity index (χ2v) is 7.82. The van der Waals surface area contributed by atoms with Gasteiger partial charge in [0.05, 0.1) is 0 Å². The zero-order valence-electron chi connectivity index (χ0n) is 14.9. The molecule has 23 heavy (non-hydrogen) atoms. The maximum Gasteiger partial charge on any atom is 0.156 e. The maximum atomic E-state index is 11.5. The number of carbonyl (C=O) groups is 1. The Bertz CT molecular complexity index is 348. The number of hydrogen-bond donors (Lipinski definition) is 2. The summed E-state index contributed by atoms with van der Waals surface area (Å²) in [7, 11) is -2.67. The highest BCUT2D eigenvalue weighted by Gasteiger charge is 2.10. The number of hydrogen-bond acceptors (Lipinski definition) is 4. The van der Waals surface area contributed by atoms with Crippen molar-refractivity contribution >= 4 is 16.5 Å². The Labute approximate surface area is 144 Å². The minimum Gasteiger partial charge on any atom is -0.315 e. The summed E-state index contributed by atoms with van der Waals surface area (Å²) in [5.41, 5.74) is 5.34. The van der Waals surface area contributed by atoms with E-state index < -0.39 is 16.1 Å². The molecule has 0 aliphatic heterocycles. The molecule has 0 aromatic rings. The molecule has 0 saturated heterocycles. The zero-order chi connectivity index (χ0) is 17.3. The zero-order valence-corrected chi connectivity index (χ0v) is 15.8. The number of ketones is 1. The van der Waals surface area contributed by atoms with Crippen LogP contribution < -0.4 is 5.73 Å². The molecule has 1 atom stereocenters. The molecule has 0 saturated carbocycles. The van der Waals surface area contributed by atoms with Crippen LogP contribution in [0.3, 0.4) is 0 Å². The molecule has 0 fully saturated rings. The van der Waals surface area contributed by atoms with Crippen molar-refractivity contribution in [3.05, 3.63) is 0 Å². The minimum absolute atomic E-state index is 0.0280. The summed E-state index contributed by atoms with van der Waals surface area (Å²) < 4.78 is 21.2. The maximum absolute atomic E-state index is 11.5. The van der Waals surface area contributed by atoms with Gasteiger partial charge >= 0.3 is 0 Å². The van der Waals surface area contributed by atoms with Gasteiger partial charge in [-0.1, -0.05) is 84.0 Å². The quantitative estimate of drug-likeness (QED) is 0.303. The lowest BCUT2D eigenvalue weighted by Crippen LogP contribution is -2.25. The van der Waals surface area contributed by atoms with Crippen LogP contribution in [0.5, 0.6) is 0 Å². The molecule has 0 heterocycles. The summed E-state index contributed by atoms with van der Waals surface area (Å²) in [4.78, 5) is 11.5. The first-order valence-electron chi connectivity index (χ1n) is 9.48. The van der Waals surface area contributed by atoms with Crippen LogP contribution in [0.15, 0.2) is 0 Å². The first-order valence-corrected chi connectivity index (χ1v) is 10.7. The molecule has 5 heteroatoms. The fraction of sp³-hybridized carbons (Fsp3) is 0.944. The molecule has 0 bridgehead atoms. The van der Waals surface area contributed by atoms with Gasteiger partial charge in [0.2, 0.25) is 0 Å². The Balaban J connectivity index is 3.23. The Kier molecular flexibility index (Phi) is 16.1. The summed E-state index contributed by atoms with van der Waals surface area (Å²) in [5, 5.41) is -1.00. The van der Waals surface area contributed by atoms with Crippen LogP contribution in [0.1, 0.15) is 103 Å². The van der Waals surface area contributed by atoms with E-state index in [4.69, 9.17) is 5.73 Å². The summed E-state index contributed by atoms with van der Waals surface area (Å²) in [6, 6.07) is 0. The van der Waals surface area contributed by atoms with Gasteiger partial charge in [-0.05, 0) is 6.42 Å². The molecule has 0 aliphatic rings. The van der Waals surface area contributed by atoms with E-state index >= 15 is 0 Å². The summed E-state index contributed by atoms with van der Waals surface area (Å²) in [6.45, 7) is 2.25. The first-order chi connectivity index (χ1) is 11.1. The van der Waals surface area contributed by atoms with E-state index in [9.17, 15) is 13.2 Å². The number of rotatable bonds is 17. The average molecular weight is 348 g/mol. The van der Waals surface area contributed by atoms with Crippen molar-refractivity contribution < 1.29 is 13.2 Å². The van der Waals surface area contributed by atoms with E-state index in [1.54, 1.807) is 0 Å². The van der Waals surface area contributed by atoms with Crippen LogP contribution in [-0.4, -0.2) is 19.6 Å². The second-order valence-electron chi connectivity index (χ2n) is 6.59. The Morgan fingerprint density at radius 2 is 1.17 bits per heavy atom. The van der Waals surface area contributed by atoms with Gasteiger partial charge in [0.25, 0.3) is 0 Å². The Hall–Kier alpha value is -0.420. The molecule has 138 valence electrons. The van der Waals surface area contributed by atoms with Crippen LogP contribution in [0, 0.1) is 0 Å². The number of carbonyl (C=O) groups excluding carboxylic acids is 1. The van der Waals surface area contributed by atoms with E-state index in [0.717, 1.165) is 12.8 Å². The Morgan fingerprint density at radius 1 is 0.783 bits per heavy atom. The van der Waals surface area contributed by atoms with E-state index in [-0.39, 0.29) is 12.2 Å². The highest BCUT2D eigenvalue weighted by Crippen LogP contribution is 2.13. The number of nitrogens with two attached hydrogens (primary N) is 1. The van der Waals surface area contributed by atoms with Crippen LogP contribution in [0.4, 0.5) is 0 Å². The van der Waals surface area contributed by atoms with Crippen LogP contribution in [0.25, 0.3) is 0 Å². The van der Waals surface area contributed by atoms with Gasteiger partial charge in [-0.3, -0.25) is 4.79 Å². The molecule has 0 aromatic carbocycles. The highest BCUT2D eigenvalue weighted by molar-refractivity contribution is 7.73. The molecule has 0 rings (SSSR count). The summed E-state index contributed by atoms with van der Waals surface area (Å²) >= 11 is 0. The third kappa shape index (κ3) is 16.2. The normalized spacial score (nSPS) is 12.7. The van der Waals surface area contributed by atoms with Gasteiger partial charge in [-0.25, -0.2) is 8.42 Å². The van der Waals surface area contributed by atoms with Gasteiger partial charge < -0.3 is 5.73 Å². The topological polar surface area (TPSA) is 77.2 Å². The lowest BCUT2D eigenvalue weighted by atomic mass is 10.0. The molecule has 1 unspecified atom stereocenters. The van der Waals surface area contributed by atoms with E-state index in [1.165, 1.54) is 70.6 Å². The third-order valence-corrected chi connectivity index (χ3v) is 4.99. The number of Topliss-reactive ketones (excluding diaryl/α,β-unsaturated/α-hetero) is 1. The predicted octanol–water partition coefficient (Wildman–Crippen LogP) is 4.32. The van der Waals surface area contributed by atoms with Crippen molar-refractivity contribution in [1.29, 1.82) is 0 Å². The van der Waals surface area contributed by atoms with Crippen molar-refractivity contribution in [2.75, 3.05) is 0 Å². The minimum atomic E-state index is -2.67. The second kappa shape index (κ2) is 16.4. The van der Waals surface area contributed by atoms with E-state index in [1.807, 2.05) is 0 Å². The molecule has 0 aromatic heterocycles. The van der Waals surface area contributed by atoms with Crippen molar-refractivity contribution in [3.8, 4) is 0 Å². The van der Waals surface area contributed by atoms with Gasteiger partial charge in [-0.15, -0.1) is 0 Å². The smallest absolute Gasteiger partial charge is 0.156 e. The number of unbranched alkanes of at least 4 members (excludes halogenated alkanes) is 12. The van der Waals surface area contributed by atoms with Gasteiger partial charge in [0.1, 0.15) is 11.2 Å². The van der Waals surface area contributed by atoms with Crippen molar-refractivity contribution in [2.45, 2.75) is 109 Å². The van der Waals surface area contributed by atoms with Gasteiger partial charge in [-0.2, -0.15) is 0 Å². The third-order valence-electron chi connectivity index (χ3n) is 4.27. The fourth-order valence-electron chi connectivity index (χ4n) is 2.75. The fourth-order valence-corrected chi connectivity index (χ4v) is 3.10. The van der Waals surface area contributed by atoms with Crippen molar-refractivity contribution in [1.82, 2.24) is 0 Å². The molecular weight excluding hydrogens is 310 g/mol. The molecule has 0 aliphatic carbocycles. The molecule has 4 nitrogen and oxygen atoms in total. The number of thiol groups is 1. The molecular formula is C18H37NO3S. The van der Waals surface area contributed by atoms with Gasteiger partial charge in [0, 0.05) is 12.8 Å². The molecule has 0 radical (unpaired) electrons. The van der Waals surface area contributed by atoms with E-state index in [0.29, 0.717) is 6.42 Å². The van der Waals surface area contributed by atoms with Crippen LogP contribution >= 0.6 is 0 Å². The monoisotopic (exact) mass is 347 g/mol. The lowest BCUT2D eigenvalue weighted by Gasteiger charge is -2.04. The lowest BCUT2D eigenvalue weighted by molar-refractivity contribution is -0.119. The summed E-state index contributed by atoms with van der Waals surface area (Å²) in [6.07, 6.45) is 17.0. The molecule has 0 spiro atoms. The molecule has 2 N–H and O–H groups in total. The largest absolute Gasteiger partial charge is 0.315 e. The standard InChI is InChI=1S/C18H37NO3S/c1-2-3-4-5-6-7-8-9-10-11-12-13-14-15-17(20)16-18(19)23(21)22/h18,23H,2-16,19H2,1H3. The summed E-state index contributed by atoms with van der Waals surface area (Å²) in [5.74, 6) is -0.0280.